The number of ether oxygens (including phenoxy) is 1. The number of amides is 1. The fraction of sp³-hybridized carbons (Fsp3) is 0.682. The standard InChI is InChI=1S/C22H37N3O3/c1-22(2,3)28-21(27)24-25(15-18-12-8-5-9-13-18)16-20(26)19(23)14-17-10-6-4-7-11-17/h4,6-7,10-11,18-20,26H,5,8-9,12-16,23H2,1-3H3,(H,24,27)/t19?,20-/m1/s1. The van der Waals surface area contributed by atoms with Crippen LogP contribution in [0.3, 0.4) is 0 Å². The van der Waals surface area contributed by atoms with Crippen LogP contribution in [0.15, 0.2) is 30.3 Å². The lowest BCUT2D eigenvalue weighted by Crippen LogP contribution is -2.53. The molecular formula is C22H37N3O3. The van der Waals surface area contributed by atoms with Crippen LogP contribution in [-0.2, 0) is 11.2 Å². The summed E-state index contributed by atoms with van der Waals surface area (Å²) in [6.07, 6.45) is 5.37. The number of hydrogen-bond donors (Lipinski definition) is 3. The van der Waals surface area contributed by atoms with Crippen molar-refractivity contribution < 1.29 is 14.6 Å². The SMILES string of the molecule is CC(C)(C)OC(=O)NN(CC1CCCCC1)C[C@@H](O)C(N)Cc1ccccc1. The molecule has 0 heterocycles. The van der Waals surface area contributed by atoms with Crippen LogP contribution in [0.1, 0.15) is 58.4 Å². The highest BCUT2D eigenvalue weighted by atomic mass is 16.6. The second-order valence-corrected chi connectivity index (χ2v) is 8.94. The zero-order valence-corrected chi connectivity index (χ0v) is 17.6. The summed E-state index contributed by atoms with van der Waals surface area (Å²) in [6.45, 7) is 6.49. The molecule has 0 aliphatic heterocycles. The van der Waals surface area contributed by atoms with Crippen LogP contribution < -0.4 is 11.2 Å². The first-order valence-electron chi connectivity index (χ1n) is 10.4. The van der Waals surface area contributed by atoms with E-state index in [1.165, 1.54) is 19.3 Å². The van der Waals surface area contributed by atoms with Gasteiger partial charge in [0.15, 0.2) is 0 Å². The van der Waals surface area contributed by atoms with Crippen molar-refractivity contribution in [2.75, 3.05) is 13.1 Å². The maximum absolute atomic E-state index is 12.3. The number of benzene rings is 1. The third-order valence-electron chi connectivity index (χ3n) is 5.07. The third-order valence-corrected chi connectivity index (χ3v) is 5.07. The molecule has 0 radical (unpaired) electrons. The molecule has 1 amide bonds. The van der Waals surface area contributed by atoms with E-state index in [1.807, 2.05) is 51.1 Å². The third kappa shape index (κ3) is 8.59. The molecule has 1 saturated carbocycles. The van der Waals surface area contributed by atoms with Gasteiger partial charge in [0.25, 0.3) is 0 Å². The lowest BCUT2D eigenvalue weighted by Gasteiger charge is -2.33. The van der Waals surface area contributed by atoms with Crippen molar-refractivity contribution in [1.82, 2.24) is 10.4 Å². The van der Waals surface area contributed by atoms with E-state index in [-0.39, 0.29) is 6.54 Å². The molecule has 158 valence electrons. The Morgan fingerprint density at radius 1 is 1.25 bits per heavy atom. The Morgan fingerprint density at radius 3 is 2.50 bits per heavy atom. The van der Waals surface area contributed by atoms with Crippen molar-refractivity contribution in [3.05, 3.63) is 35.9 Å². The molecule has 1 aromatic carbocycles. The number of aliphatic hydroxyl groups is 1. The quantitative estimate of drug-likeness (QED) is 0.592. The van der Waals surface area contributed by atoms with Gasteiger partial charge in [0.05, 0.1) is 6.10 Å². The van der Waals surface area contributed by atoms with E-state index in [1.54, 1.807) is 5.01 Å². The summed E-state index contributed by atoms with van der Waals surface area (Å²) in [6, 6.07) is 9.50. The molecule has 28 heavy (non-hydrogen) atoms. The fourth-order valence-corrected chi connectivity index (χ4v) is 3.66. The highest BCUT2D eigenvalue weighted by Gasteiger charge is 2.25. The van der Waals surface area contributed by atoms with Crippen molar-refractivity contribution in [1.29, 1.82) is 0 Å². The second-order valence-electron chi connectivity index (χ2n) is 8.94. The summed E-state index contributed by atoms with van der Waals surface area (Å²) in [5, 5.41) is 12.5. The average molecular weight is 392 g/mol. The van der Waals surface area contributed by atoms with Crippen molar-refractivity contribution in [3.63, 3.8) is 0 Å². The van der Waals surface area contributed by atoms with Crippen molar-refractivity contribution in [2.45, 2.75) is 77.0 Å². The monoisotopic (exact) mass is 391 g/mol. The van der Waals surface area contributed by atoms with Crippen molar-refractivity contribution >= 4 is 6.09 Å². The number of hydrogen-bond acceptors (Lipinski definition) is 5. The van der Waals surface area contributed by atoms with Gasteiger partial charge >= 0.3 is 6.09 Å². The first-order valence-corrected chi connectivity index (χ1v) is 10.4. The second kappa shape index (κ2) is 10.8. The number of nitrogens with two attached hydrogens (primary N) is 1. The smallest absolute Gasteiger partial charge is 0.422 e. The Kier molecular flexibility index (Phi) is 8.73. The van der Waals surface area contributed by atoms with Crippen LogP contribution in [0.2, 0.25) is 0 Å². The fourth-order valence-electron chi connectivity index (χ4n) is 3.66. The molecule has 1 fully saturated rings. The van der Waals surface area contributed by atoms with Gasteiger partial charge in [-0.05, 0) is 51.5 Å². The van der Waals surface area contributed by atoms with Gasteiger partial charge in [-0.3, -0.25) is 5.43 Å². The number of hydrazine groups is 1. The lowest BCUT2D eigenvalue weighted by molar-refractivity contribution is 0.0133. The molecule has 0 bridgehead atoms. The van der Waals surface area contributed by atoms with E-state index in [2.05, 4.69) is 5.43 Å². The molecule has 0 aromatic heterocycles. The molecule has 0 spiro atoms. The average Bonchev–Trinajstić information content (AvgIpc) is 2.61. The minimum absolute atomic E-state index is 0.281. The Hall–Kier alpha value is -1.63. The minimum atomic E-state index is -0.751. The van der Waals surface area contributed by atoms with Crippen LogP contribution in [0.4, 0.5) is 4.79 Å². The molecule has 2 atom stereocenters. The van der Waals surface area contributed by atoms with Gasteiger partial charge in [0, 0.05) is 19.1 Å². The Balaban J connectivity index is 1.95. The molecule has 6 nitrogen and oxygen atoms in total. The summed E-state index contributed by atoms with van der Waals surface area (Å²) in [7, 11) is 0. The predicted octanol–water partition coefficient (Wildman–Crippen LogP) is 3.24. The van der Waals surface area contributed by atoms with Crippen LogP contribution in [0, 0.1) is 5.92 Å². The summed E-state index contributed by atoms with van der Waals surface area (Å²) in [4.78, 5) is 12.3. The van der Waals surface area contributed by atoms with Crippen LogP contribution in [-0.4, -0.2) is 47.0 Å². The summed E-state index contributed by atoms with van der Waals surface area (Å²) >= 11 is 0. The molecule has 0 saturated heterocycles. The van der Waals surface area contributed by atoms with E-state index in [4.69, 9.17) is 10.5 Å². The highest BCUT2D eigenvalue weighted by Crippen LogP contribution is 2.24. The zero-order chi connectivity index (χ0) is 20.6. The highest BCUT2D eigenvalue weighted by molar-refractivity contribution is 5.67. The molecule has 1 aromatic rings. The van der Waals surface area contributed by atoms with Crippen molar-refractivity contribution in [2.24, 2.45) is 11.7 Å². The van der Waals surface area contributed by atoms with Gasteiger partial charge in [0.2, 0.25) is 0 Å². The van der Waals surface area contributed by atoms with Gasteiger partial charge in [-0.2, -0.15) is 0 Å². The van der Waals surface area contributed by atoms with E-state index in [0.29, 0.717) is 18.9 Å². The van der Waals surface area contributed by atoms with Gasteiger partial charge < -0.3 is 15.6 Å². The maximum Gasteiger partial charge on any atom is 0.422 e. The molecular weight excluding hydrogens is 354 g/mol. The normalized spacial score (nSPS) is 17.9. The predicted molar refractivity (Wildman–Crippen MR) is 112 cm³/mol. The summed E-state index contributed by atoms with van der Waals surface area (Å²) in [5.41, 5.74) is 9.59. The van der Waals surface area contributed by atoms with Crippen LogP contribution in [0.25, 0.3) is 0 Å². The molecule has 1 aliphatic rings. The van der Waals surface area contributed by atoms with Gasteiger partial charge in [-0.1, -0.05) is 49.6 Å². The van der Waals surface area contributed by atoms with E-state index >= 15 is 0 Å². The topological polar surface area (TPSA) is 87.8 Å². The number of carbonyl (C=O) groups excluding carboxylic acids is 1. The molecule has 6 heteroatoms. The maximum atomic E-state index is 12.3. The largest absolute Gasteiger partial charge is 0.443 e. The minimum Gasteiger partial charge on any atom is -0.443 e. The first-order chi connectivity index (χ1) is 13.2. The molecule has 2 rings (SSSR count). The van der Waals surface area contributed by atoms with Gasteiger partial charge in [0.1, 0.15) is 5.60 Å². The molecule has 1 unspecified atom stereocenters. The molecule has 1 aliphatic carbocycles. The van der Waals surface area contributed by atoms with E-state index < -0.39 is 23.8 Å². The Morgan fingerprint density at radius 2 is 1.89 bits per heavy atom. The Bertz CT molecular complexity index is 582. The van der Waals surface area contributed by atoms with Gasteiger partial charge in [-0.15, -0.1) is 0 Å². The number of carbonyl (C=O) groups is 1. The zero-order valence-electron chi connectivity index (χ0n) is 17.6. The molecule has 4 N–H and O–H groups in total. The lowest BCUT2D eigenvalue weighted by atomic mass is 9.89. The van der Waals surface area contributed by atoms with Crippen LogP contribution in [0.5, 0.6) is 0 Å². The van der Waals surface area contributed by atoms with Crippen LogP contribution >= 0.6 is 0 Å². The Labute approximate surface area is 169 Å². The van der Waals surface area contributed by atoms with Crippen molar-refractivity contribution in [3.8, 4) is 0 Å². The number of aliphatic hydroxyl groups excluding tert-OH is 1. The number of nitrogens with one attached hydrogen (secondary N) is 1. The number of rotatable bonds is 8. The first kappa shape index (κ1) is 22.7. The van der Waals surface area contributed by atoms with E-state index in [9.17, 15) is 9.90 Å². The van der Waals surface area contributed by atoms with Gasteiger partial charge in [-0.25, -0.2) is 9.80 Å². The summed E-state index contributed by atoms with van der Waals surface area (Å²) < 4.78 is 5.39. The summed E-state index contributed by atoms with van der Waals surface area (Å²) in [5.74, 6) is 0.515. The van der Waals surface area contributed by atoms with E-state index in [0.717, 1.165) is 18.4 Å². The number of nitrogens with zero attached hydrogens (tertiary/aromatic N) is 1.